The molecule has 2 rings (SSSR count). The van der Waals surface area contributed by atoms with Crippen molar-refractivity contribution in [2.75, 3.05) is 17.3 Å². The molecule has 0 aromatic heterocycles. The van der Waals surface area contributed by atoms with E-state index < -0.39 is 29.3 Å². The molecule has 2 atom stereocenters. The summed E-state index contributed by atoms with van der Waals surface area (Å²) in [5, 5.41) is 5.89. The Kier molecular flexibility index (Phi) is 11.9. The largest absolute Gasteiger partial charge is 0.444 e. The number of aryl methyl sites for hydroxylation is 2. The van der Waals surface area contributed by atoms with E-state index in [1.165, 1.54) is 0 Å². The van der Waals surface area contributed by atoms with Crippen molar-refractivity contribution in [3.8, 4) is 12.3 Å². The Labute approximate surface area is 250 Å². The number of terminal acetylenes is 1. The number of alkyl carbamates (subject to hydrolysis) is 1. The Morgan fingerprint density at radius 3 is 2.10 bits per heavy atom. The summed E-state index contributed by atoms with van der Waals surface area (Å²) in [5.41, 5.74) is 2.33. The smallest absolute Gasteiger partial charge is 0.408 e. The predicted molar refractivity (Wildman–Crippen MR) is 169 cm³/mol. The van der Waals surface area contributed by atoms with E-state index in [0.29, 0.717) is 35.4 Å². The third-order valence-corrected chi connectivity index (χ3v) is 7.63. The molecule has 2 aromatic rings. The van der Waals surface area contributed by atoms with Gasteiger partial charge in [0.05, 0.1) is 0 Å². The van der Waals surface area contributed by atoms with E-state index in [2.05, 4.69) is 16.6 Å². The van der Waals surface area contributed by atoms with Gasteiger partial charge in [-0.15, -0.1) is 6.42 Å². The number of nitrogens with one attached hydrogen (secondary N) is 2. The molecule has 0 saturated heterocycles. The van der Waals surface area contributed by atoms with Crippen molar-refractivity contribution < 1.29 is 19.1 Å². The van der Waals surface area contributed by atoms with Gasteiger partial charge < -0.3 is 20.3 Å². The molecular weight excluding hydrogens is 534 g/mol. The Balaban J connectivity index is 2.68. The first-order valence-corrected chi connectivity index (χ1v) is 15.3. The second kappa shape index (κ2) is 14.5. The third-order valence-electron chi connectivity index (χ3n) is 6.98. The van der Waals surface area contributed by atoms with Crippen molar-refractivity contribution in [1.82, 2.24) is 10.2 Å². The average Bonchev–Trinajstić information content (AvgIpc) is 2.90. The summed E-state index contributed by atoms with van der Waals surface area (Å²) in [6.07, 6.45) is 7.80. The van der Waals surface area contributed by atoms with Crippen LogP contribution in [0.25, 0.3) is 0 Å². The fourth-order valence-corrected chi connectivity index (χ4v) is 4.91. The van der Waals surface area contributed by atoms with Gasteiger partial charge in [-0.2, -0.15) is 11.8 Å². The lowest BCUT2D eigenvalue weighted by molar-refractivity contribution is -0.147. The molecule has 0 fully saturated rings. The Bertz CT molecular complexity index is 1240. The van der Waals surface area contributed by atoms with E-state index >= 15 is 0 Å². The zero-order chi connectivity index (χ0) is 31.0. The number of para-hydroxylation sites is 1. The van der Waals surface area contributed by atoms with Gasteiger partial charge in [0.1, 0.15) is 17.7 Å². The van der Waals surface area contributed by atoms with Crippen LogP contribution >= 0.6 is 11.8 Å². The van der Waals surface area contributed by atoms with Crippen LogP contribution in [0.1, 0.15) is 82.7 Å². The molecule has 0 heterocycles. The van der Waals surface area contributed by atoms with Crippen LogP contribution in [0.2, 0.25) is 0 Å². The molecule has 0 bridgehead atoms. The number of hydrogen-bond acceptors (Lipinski definition) is 5. The van der Waals surface area contributed by atoms with Crippen LogP contribution in [-0.4, -0.2) is 52.0 Å². The molecule has 0 aliphatic carbocycles. The number of carbonyl (C=O) groups excluding carboxylic acids is 3. The first-order chi connectivity index (χ1) is 19.1. The van der Waals surface area contributed by atoms with Gasteiger partial charge in [-0.3, -0.25) is 9.59 Å². The van der Waals surface area contributed by atoms with Gasteiger partial charge in [0.2, 0.25) is 5.91 Å². The van der Waals surface area contributed by atoms with E-state index in [1.54, 1.807) is 61.7 Å². The number of ether oxygens (including phenoxy) is 1. The van der Waals surface area contributed by atoms with Gasteiger partial charge in [0.25, 0.3) is 5.91 Å². The molecular formula is C33H45N3O4S. The van der Waals surface area contributed by atoms with Gasteiger partial charge in [-0.1, -0.05) is 43.2 Å². The molecule has 2 aromatic carbocycles. The maximum absolute atomic E-state index is 14.5. The summed E-state index contributed by atoms with van der Waals surface area (Å²) >= 11 is 1.57. The zero-order valence-corrected chi connectivity index (χ0v) is 26.7. The Morgan fingerprint density at radius 1 is 1.02 bits per heavy atom. The maximum Gasteiger partial charge on any atom is 0.408 e. The van der Waals surface area contributed by atoms with Crippen LogP contribution in [0.15, 0.2) is 42.5 Å². The molecule has 8 heteroatoms. The summed E-state index contributed by atoms with van der Waals surface area (Å²) < 4.78 is 5.49. The first-order valence-electron chi connectivity index (χ1n) is 13.9. The van der Waals surface area contributed by atoms with E-state index in [-0.39, 0.29) is 11.8 Å². The van der Waals surface area contributed by atoms with E-state index in [4.69, 9.17) is 11.2 Å². The van der Waals surface area contributed by atoms with Crippen LogP contribution in [0, 0.1) is 26.2 Å². The van der Waals surface area contributed by atoms with Crippen LogP contribution in [-0.2, 0) is 14.3 Å². The summed E-state index contributed by atoms with van der Waals surface area (Å²) in [6, 6.07) is 11.0. The Morgan fingerprint density at radius 2 is 1.61 bits per heavy atom. The lowest BCUT2D eigenvalue weighted by Gasteiger charge is -2.44. The lowest BCUT2D eigenvalue weighted by Crippen LogP contribution is -2.59. The molecule has 41 heavy (non-hydrogen) atoms. The number of anilines is 1. The highest BCUT2D eigenvalue weighted by Crippen LogP contribution is 2.34. The predicted octanol–water partition coefficient (Wildman–Crippen LogP) is 6.63. The molecule has 0 saturated carbocycles. The monoisotopic (exact) mass is 579 g/mol. The zero-order valence-electron chi connectivity index (χ0n) is 25.9. The fourth-order valence-electron chi connectivity index (χ4n) is 4.44. The quantitative estimate of drug-likeness (QED) is 0.292. The minimum Gasteiger partial charge on any atom is -0.444 e. The number of hydrogen-bond donors (Lipinski definition) is 2. The molecule has 0 radical (unpaired) electrons. The molecule has 222 valence electrons. The van der Waals surface area contributed by atoms with Crippen molar-refractivity contribution in [2.24, 2.45) is 0 Å². The summed E-state index contributed by atoms with van der Waals surface area (Å²) in [5.74, 6) is 2.52. The second-order valence-electron chi connectivity index (χ2n) is 11.8. The van der Waals surface area contributed by atoms with Crippen molar-refractivity contribution in [1.29, 1.82) is 0 Å². The van der Waals surface area contributed by atoms with Crippen molar-refractivity contribution in [2.45, 2.75) is 91.5 Å². The van der Waals surface area contributed by atoms with E-state index in [0.717, 1.165) is 11.1 Å². The van der Waals surface area contributed by atoms with Crippen molar-refractivity contribution in [3.63, 3.8) is 0 Å². The summed E-state index contributed by atoms with van der Waals surface area (Å²) in [6.45, 7) is 15.0. The molecule has 0 spiro atoms. The summed E-state index contributed by atoms with van der Waals surface area (Å²) in [4.78, 5) is 43.2. The number of rotatable bonds is 11. The first kappa shape index (κ1) is 33.8. The third kappa shape index (κ3) is 9.29. The SMILES string of the molecule is C#Cc1ccc(C(C(=O)Nc2c(C)cccc2C)N(C(=O)C(CCSC)NC(=O)OC(C)(C)C)C(C)(C)CC)cc1. The minimum absolute atomic E-state index is 0.355. The van der Waals surface area contributed by atoms with Gasteiger partial charge in [0.15, 0.2) is 0 Å². The molecule has 2 N–H and O–H groups in total. The number of carbonyl (C=O) groups is 3. The van der Waals surface area contributed by atoms with Crippen LogP contribution < -0.4 is 10.6 Å². The van der Waals surface area contributed by atoms with Crippen molar-refractivity contribution in [3.05, 3.63) is 64.7 Å². The second-order valence-corrected chi connectivity index (χ2v) is 12.8. The van der Waals surface area contributed by atoms with Gasteiger partial charge in [-0.05, 0) is 102 Å². The van der Waals surface area contributed by atoms with Gasteiger partial charge >= 0.3 is 6.09 Å². The van der Waals surface area contributed by atoms with Gasteiger partial charge in [0, 0.05) is 16.8 Å². The number of benzene rings is 2. The minimum atomic E-state index is -1.000. The number of nitrogens with zero attached hydrogens (tertiary/aromatic N) is 1. The summed E-state index contributed by atoms with van der Waals surface area (Å²) in [7, 11) is 0. The molecule has 0 aliphatic heterocycles. The highest BCUT2D eigenvalue weighted by Gasteiger charge is 2.43. The average molecular weight is 580 g/mol. The number of amides is 3. The Hall–Kier alpha value is -3.44. The molecule has 3 amide bonds. The van der Waals surface area contributed by atoms with E-state index in [9.17, 15) is 14.4 Å². The van der Waals surface area contributed by atoms with Crippen LogP contribution in [0.5, 0.6) is 0 Å². The molecule has 2 unspecified atom stereocenters. The topological polar surface area (TPSA) is 87.7 Å². The lowest BCUT2D eigenvalue weighted by atomic mass is 9.91. The van der Waals surface area contributed by atoms with Crippen LogP contribution in [0.3, 0.4) is 0 Å². The highest BCUT2D eigenvalue weighted by molar-refractivity contribution is 7.98. The normalized spacial score (nSPS) is 13.0. The maximum atomic E-state index is 14.5. The number of thioether (sulfide) groups is 1. The van der Waals surface area contributed by atoms with Crippen LogP contribution in [0.4, 0.5) is 10.5 Å². The molecule has 7 nitrogen and oxygen atoms in total. The van der Waals surface area contributed by atoms with E-state index in [1.807, 2.05) is 59.1 Å². The van der Waals surface area contributed by atoms with Gasteiger partial charge in [-0.25, -0.2) is 4.79 Å². The fraction of sp³-hybridized carbons (Fsp3) is 0.485. The molecule has 0 aliphatic rings. The van der Waals surface area contributed by atoms with Crippen molar-refractivity contribution >= 4 is 35.4 Å². The highest BCUT2D eigenvalue weighted by atomic mass is 32.2. The standard InChI is InChI=1S/C33H45N3O4S/c1-11-24-16-18-25(19-17-24)28(29(37)35-27-22(3)14-13-15-23(27)4)36(33(8,9)12-2)30(38)26(20-21-41-10)34-31(39)40-32(5,6)7/h1,13-19,26,28H,12,20-21H2,2-10H3,(H,34,39)(H,35,37).